The smallest absolute Gasteiger partial charge is 0.0457 e. The molecule has 97 valence electrons. The first kappa shape index (κ1) is 16.4. The van der Waals surface area contributed by atoms with Gasteiger partial charge in [-0.3, -0.25) is 0 Å². The Kier molecular flexibility index (Phi) is 10.9. The number of aliphatic hydroxyl groups is 2. The normalized spacial score (nSPS) is 17.1. The van der Waals surface area contributed by atoms with E-state index < -0.39 is 0 Å². The van der Waals surface area contributed by atoms with Crippen molar-refractivity contribution >= 4 is 21.1 Å². The van der Waals surface area contributed by atoms with Crippen molar-refractivity contribution in [3.8, 4) is 0 Å². The third-order valence-electron chi connectivity index (χ3n) is 2.83. The van der Waals surface area contributed by atoms with Crippen LogP contribution in [0.4, 0.5) is 0 Å². The Bertz CT molecular complexity index is 158. The number of hydrogen-bond donors (Lipinski definition) is 2. The summed E-state index contributed by atoms with van der Waals surface area (Å²) >= 11 is 6.19. The minimum absolute atomic E-state index is 0.227. The summed E-state index contributed by atoms with van der Waals surface area (Å²) in [7, 11) is 0.489. The topological polar surface area (TPSA) is 40.5 Å². The van der Waals surface area contributed by atoms with Crippen LogP contribution < -0.4 is 0 Å². The summed E-state index contributed by atoms with van der Waals surface area (Å²) in [6.07, 6.45) is 3.14. The molecular weight excluding hydrogens is 240 g/mol. The summed E-state index contributed by atoms with van der Waals surface area (Å²) < 4.78 is 0. The van der Waals surface area contributed by atoms with E-state index in [0.717, 1.165) is 19.3 Å². The van der Waals surface area contributed by atoms with Crippen molar-refractivity contribution in [1.29, 1.82) is 0 Å². The molecule has 3 unspecified atom stereocenters. The average Bonchev–Trinajstić information content (AvgIpc) is 2.27. The monoisotopic (exact) mass is 265 g/mol. The first-order valence-corrected chi connectivity index (χ1v) is 8.34. The second kappa shape index (κ2) is 10.6. The minimum atomic E-state index is 0.227. The van der Waals surface area contributed by atoms with Crippen LogP contribution in [0.5, 0.6) is 0 Å². The van der Waals surface area contributed by atoms with E-state index in [1.54, 1.807) is 0 Å². The van der Waals surface area contributed by atoms with Crippen LogP contribution in [0.3, 0.4) is 0 Å². The molecule has 0 heterocycles. The zero-order valence-corrected chi connectivity index (χ0v) is 12.4. The van der Waals surface area contributed by atoms with Gasteiger partial charge >= 0.3 is 0 Å². The van der Waals surface area contributed by atoms with Gasteiger partial charge in [0.05, 0.1) is 0 Å². The fraction of sp³-hybridized carbons (Fsp3) is 1.00. The van der Waals surface area contributed by atoms with Gasteiger partial charge < -0.3 is 10.2 Å². The molecule has 0 amide bonds. The van der Waals surface area contributed by atoms with Crippen molar-refractivity contribution in [3.05, 3.63) is 0 Å². The van der Waals surface area contributed by atoms with Gasteiger partial charge in [-0.25, -0.2) is 0 Å². The molecule has 1 radical (unpaired) electrons. The number of rotatable bonds is 10. The summed E-state index contributed by atoms with van der Waals surface area (Å²) in [5.41, 5.74) is 0. The van der Waals surface area contributed by atoms with E-state index >= 15 is 0 Å². The first-order chi connectivity index (χ1) is 7.60. The quantitative estimate of drug-likeness (QED) is 0.362. The third-order valence-corrected chi connectivity index (χ3v) is 4.71. The standard InChI is InChI=1S/C12H26ClO2Si/c1-10(8-14)3-5-16-6-4-12(13)7-11(2)9-15/h10-12,14-16H,3-9H2,1-2H3. The Morgan fingerprint density at radius 2 is 1.56 bits per heavy atom. The van der Waals surface area contributed by atoms with Crippen LogP contribution in [-0.4, -0.2) is 38.3 Å². The van der Waals surface area contributed by atoms with Gasteiger partial charge in [0.25, 0.3) is 0 Å². The van der Waals surface area contributed by atoms with E-state index in [-0.39, 0.29) is 12.0 Å². The summed E-state index contributed by atoms with van der Waals surface area (Å²) in [5, 5.41) is 18.0. The summed E-state index contributed by atoms with van der Waals surface area (Å²) in [6.45, 7) is 4.67. The predicted octanol–water partition coefficient (Wildman–Crippen LogP) is 2.29. The van der Waals surface area contributed by atoms with Crippen molar-refractivity contribution < 1.29 is 10.2 Å². The van der Waals surface area contributed by atoms with Crippen LogP contribution in [0.1, 0.15) is 33.1 Å². The maximum Gasteiger partial charge on any atom is 0.0457 e. The fourth-order valence-electron chi connectivity index (χ4n) is 1.57. The van der Waals surface area contributed by atoms with Gasteiger partial charge in [0.2, 0.25) is 0 Å². The second-order valence-electron chi connectivity index (χ2n) is 4.85. The van der Waals surface area contributed by atoms with Crippen LogP contribution in [0, 0.1) is 11.8 Å². The molecule has 0 aliphatic heterocycles. The highest BCUT2D eigenvalue weighted by Gasteiger charge is 2.09. The predicted molar refractivity (Wildman–Crippen MR) is 72.8 cm³/mol. The Labute approximate surface area is 107 Å². The molecule has 2 N–H and O–H groups in total. The molecule has 0 aromatic carbocycles. The molecule has 0 aromatic heterocycles. The van der Waals surface area contributed by atoms with Gasteiger partial charge in [-0.05, 0) is 24.7 Å². The molecule has 0 rings (SSSR count). The van der Waals surface area contributed by atoms with E-state index in [1.165, 1.54) is 12.1 Å². The van der Waals surface area contributed by atoms with Crippen LogP contribution >= 0.6 is 11.6 Å². The van der Waals surface area contributed by atoms with Gasteiger partial charge in [0, 0.05) is 28.1 Å². The van der Waals surface area contributed by atoms with Crippen molar-refractivity contribution in [3.63, 3.8) is 0 Å². The molecule has 0 aromatic rings. The molecular formula is C12H26ClO2Si. The second-order valence-corrected chi connectivity index (χ2v) is 7.20. The lowest BCUT2D eigenvalue weighted by Gasteiger charge is -2.13. The van der Waals surface area contributed by atoms with Crippen molar-refractivity contribution in [2.24, 2.45) is 11.8 Å². The van der Waals surface area contributed by atoms with Crippen molar-refractivity contribution in [2.75, 3.05) is 13.2 Å². The number of hydrogen-bond acceptors (Lipinski definition) is 2. The van der Waals surface area contributed by atoms with Gasteiger partial charge in [-0.2, -0.15) is 0 Å². The largest absolute Gasteiger partial charge is 0.396 e. The molecule has 0 aliphatic rings. The molecule has 0 spiro atoms. The Balaban J connectivity index is 3.30. The Morgan fingerprint density at radius 3 is 2.12 bits per heavy atom. The lowest BCUT2D eigenvalue weighted by molar-refractivity contribution is 0.229. The van der Waals surface area contributed by atoms with Crippen LogP contribution in [-0.2, 0) is 0 Å². The van der Waals surface area contributed by atoms with Crippen molar-refractivity contribution in [1.82, 2.24) is 0 Å². The zero-order chi connectivity index (χ0) is 12.4. The van der Waals surface area contributed by atoms with E-state index in [9.17, 15) is 0 Å². The highest BCUT2D eigenvalue weighted by Crippen LogP contribution is 2.16. The van der Waals surface area contributed by atoms with E-state index in [2.05, 4.69) is 6.92 Å². The lowest BCUT2D eigenvalue weighted by atomic mass is 10.1. The number of alkyl halides is 1. The number of aliphatic hydroxyl groups excluding tert-OH is 2. The van der Waals surface area contributed by atoms with E-state index in [1.807, 2.05) is 6.92 Å². The molecule has 0 saturated carbocycles. The van der Waals surface area contributed by atoms with Gasteiger partial charge in [0.1, 0.15) is 0 Å². The van der Waals surface area contributed by atoms with Crippen LogP contribution in [0.15, 0.2) is 0 Å². The SMILES string of the molecule is CC(CO)CC[SiH]CCC(Cl)CC(C)CO. The Hall–Kier alpha value is 0.427. The molecule has 4 heteroatoms. The van der Waals surface area contributed by atoms with Crippen LogP contribution in [0.25, 0.3) is 0 Å². The zero-order valence-electron chi connectivity index (χ0n) is 10.5. The highest BCUT2D eigenvalue weighted by molar-refractivity contribution is 6.35. The number of halogens is 1. The summed E-state index contributed by atoms with van der Waals surface area (Å²) in [4.78, 5) is 0. The summed E-state index contributed by atoms with van der Waals surface area (Å²) in [5.74, 6) is 0.778. The van der Waals surface area contributed by atoms with E-state index in [0.29, 0.717) is 28.0 Å². The minimum Gasteiger partial charge on any atom is -0.396 e. The molecule has 0 fully saturated rings. The third kappa shape index (κ3) is 9.64. The summed E-state index contributed by atoms with van der Waals surface area (Å²) in [6, 6.07) is 2.51. The van der Waals surface area contributed by atoms with Gasteiger partial charge in [-0.15, -0.1) is 11.6 Å². The molecule has 0 bridgehead atoms. The van der Waals surface area contributed by atoms with Crippen molar-refractivity contribution in [2.45, 2.75) is 50.6 Å². The molecule has 2 nitrogen and oxygen atoms in total. The fourth-order valence-corrected chi connectivity index (χ4v) is 3.94. The average molecular weight is 266 g/mol. The van der Waals surface area contributed by atoms with Gasteiger partial charge in [-0.1, -0.05) is 32.4 Å². The first-order valence-electron chi connectivity index (χ1n) is 6.27. The van der Waals surface area contributed by atoms with E-state index in [4.69, 9.17) is 21.8 Å². The molecule has 0 aliphatic carbocycles. The maximum absolute atomic E-state index is 8.90. The maximum atomic E-state index is 8.90. The van der Waals surface area contributed by atoms with Gasteiger partial charge in [0.15, 0.2) is 0 Å². The molecule has 16 heavy (non-hydrogen) atoms. The molecule has 0 saturated heterocycles. The van der Waals surface area contributed by atoms with Crippen LogP contribution in [0.2, 0.25) is 12.1 Å². The Morgan fingerprint density at radius 1 is 1.00 bits per heavy atom. The highest BCUT2D eigenvalue weighted by atomic mass is 35.5. The molecule has 3 atom stereocenters. The lowest BCUT2D eigenvalue weighted by Crippen LogP contribution is -2.10.